The molecule has 0 atom stereocenters. The number of benzene rings is 1. The summed E-state index contributed by atoms with van der Waals surface area (Å²) in [6, 6.07) is 13.7. The lowest BCUT2D eigenvalue weighted by atomic mass is 10.1. The monoisotopic (exact) mass is 269 g/mol. The van der Waals surface area contributed by atoms with Crippen LogP contribution in [-0.4, -0.2) is 17.4 Å². The zero-order valence-corrected chi connectivity index (χ0v) is 11.6. The van der Waals surface area contributed by atoms with Crippen molar-refractivity contribution in [1.29, 1.82) is 0 Å². The van der Waals surface area contributed by atoms with E-state index in [2.05, 4.69) is 15.6 Å². The summed E-state index contributed by atoms with van der Waals surface area (Å²) in [5.74, 6) is 0.821. The van der Waals surface area contributed by atoms with E-state index in [0.717, 1.165) is 24.5 Å². The number of nitrogens with zero attached hydrogens (tertiary/aromatic N) is 1. The maximum Gasteiger partial charge on any atom is 0.224 e. The number of carbonyl (C=O) groups is 1. The van der Waals surface area contributed by atoms with Crippen molar-refractivity contribution >= 4 is 17.4 Å². The number of pyridine rings is 1. The van der Waals surface area contributed by atoms with E-state index in [1.165, 1.54) is 5.56 Å². The third-order valence-electron chi connectivity index (χ3n) is 2.89. The van der Waals surface area contributed by atoms with Gasteiger partial charge >= 0.3 is 0 Å². The molecular formula is C16H19N3O. The Balaban J connectivity index is 1.82. The van der Waals surface area contributed by atoms with Crippen LogP contribution in [0.1, 0.15) is 18.9 Å². The largest absolute Gasteiger partial charge is 0.370 e. The van der Waals surface area contributed by atoms with Crippen LogP contribution in [0.15, 0.2) is 48.7 Å². The molecule has 0 aliphatic rings. The zero-order valence-electron chi connectivity index (χ0n) is 11.6. The number of hydrogen-bond donors (Lipinski definition) is 2. The lowest BCUT2D eigenvalue weighted by Crippen LogP contribution is -2.12. The smallest absolute Gasteiger partial charge is 0.224 e. The first-order valence-corrected chi connectivity index (χ1v) is 6.81. The van der Waals surface area contributed by atoms with Crippen LogP contribution in [-0.2, 0) is 11.2 Å². The van der Waals surface area contributed by atoms with Crippen LogP contribution in [0.2, 0.25) is 0 Å². The Hall–Kier alpha value is -2.36. The quantitative estimate of drug-likeness (QED) is 0.847. The average molecular weight is 269 g/mol. The van der Waals surface area contributed by atoms with E-state index in [1.807, 2.05) is 49.4 Å². The molecule has 0 saturated heterocycles. The van der Waals surface area contributed by atoms with Gasteiger partial charge in [0.15, 0.2) is 0 Å². The van der Waals surface area contributed by atoms with Gasteiger partial charge in [0.05, 0.1) is 11.9 Å². The molecule has 4 heteroatoms. The number of carbonyl (C=O) groups excluding carboxylic acids is 1. The number of nitrogens with one attached hydrogen (secondary N) is 2. The summed E-state index contributed by atoms with van der Waals surface area (Å²) in [4.78, 5) is 16.1. The fourth-order valence-corrected chi connectivity index (χ4v) is 1.88. The molecule has 0 spiro atoms. The molecule has 0 unspecified atom stereocenters. The summed E-state index contributed by atoms with van der Waals surface area (Å²) in [5.41, 5.74) is 1.90. The van der Waals surface area contributed by atoms with Gasteiger partial charge in [0.1, 0.15) is 5.82 Å². The normalized spacial score (nSPS) is 10.1. The van der Waals surface area contributed by atoms with E-state index >= 15 is 0 Å². The highest BCUT2D eigenvalue weighted by molar-refractivity contribution is 5.90. The van der Waals surface area contributed by atoms with Crippen LogP contribution in [0.4, 0.5) is 11.5 Å². The Morgan fingerprint density at radius 2 is 1.95 bits per heavy atom. The highest BCUT2D eigenvalue weighted by Gasteiger charge is 2.03. The van der Waals surface area contributed by atoms with Crippen molar-refractivity contribution in [3.63, 3.8) is 0 Å². The number of aromatic nitrogens is 1. The Morgan fingerprint density at radius 3 is 2.60 bits per heavy atom. The molecule has 0 aliphatic heterocycles. The van der Waals surface area contributed by atoms with Crippen molar-refractivity contribution in [2.75, 3.05) is 17.2 Å². The van der Waals surface area contributed by atoms with Gasteiger partial charge in [0.25, 0.3) is 0 Å². The van der Waals surface area contributed by atoms with Gasteiger partial charge in [-0.2, -0.15) is 0 Å². The van der Waals surface area contributed by atoms with E-state index < -0.39 is 0 Å². The highest BCUT2D eigenvalue weighted by Crippen LogP contribution is 2.10. The average Bonchev–Trinajstić information content (AvgIpc) is 2.49. The fourth-order valence-electron chi connectivity index (χ4n) is 1.88. The molecule has 1 heterocycles. The van der Waals surface area contributed by atoms with Crippen molar-refractivity contribution in [3.05, 3.63) is 54.2 Å². The summed E-state index contributed by atoms with van der Waals surface area (Å²) in [7, 11) is 0. The van der Waals surface area contributed by atoms with E-state index in [4.69, 9.17) is 0 Å². The second-order valence-electron chi connectivity index (χ2n) is 4.50. The fraction of sp³-hybridized carbons (Fsp3) is 0.250. The minimum Gasteiger partial charge on any atom is -0.370 e. The first kappa shape index (κ1) is 14.1. The molecule has 0 bridgehead atoms. The van der Waals surface area contributed by atoms with Crippen molar-refractivity contribution < 1.29 is 4.79 Å². The summed E-state index contributed by atoms with van der Waals surface area (Å²) >= 11 is 0. The van der Waals surface area contributed by atoms with Crippen LogP contribution >= 0.6 is 0 Å². The predicted molar refractivity (Wildman–Crippen MR) is 81.8 cm³/mol. The Kier molecular flexibility index (Phi) is 5.12. The van der Waals surface area contributed by atoms with Crippen LogP contribution < -0.4 is 10.6 Å². The number of rotatable bonds is 6. The van der Waals surface area contributed by atoms with Gasteiger partial charge in [-0.3, -0.25) is 4.79 Å². The van der Waals surface area contributed by atoms with Crippen LogP contribution in [0.3, 0.4) is 0 Å². The molecule has 0 aliphatic carbocycles. The molecule has 1 amide bonds. The van der Waals surface area contributed by atoms with E-state index in [9.17, 15) is 4.79 Å². The zero-order chi connectivity index (χ0) is 14.2. The second kappa shape index (κ2) is 7.28. The van der Waals surface area contributed by atoms with E-state index in [1.54, 1.807) is 6.20 Å². The lowest BCUT2D eigenvalue weighted by molar-refractivity contribution is -0.116. The molecule has 0 radical (unpaired) electrons. The predicted octanol–water partition coefficient (Wildman–Crippen LogP) is 3.08. The minimum absolute atomic E-state index is 0.00635. The lowest BCUT2D eigenvalue weighted by Gasteiger charge is -2.06. The second-order valence-corrected chi connectivity index (χ2v) is 4.50. The van der Waals surface area contributed by atoms with E-state index in [0.29, 0.717) is 6.42 Å². The SMILES string of the molecule is CCNc1ccc(NC(=O)CCc2ccccc2)cn1. The summed E-state index contributed by atoms with van der Waals surface area (Å²) in [6.07, 6.45) is 2.88. The molecule has 0 fully saturated rings. The van der Waals surface area contributed by atoms with Crippen molar-refractivity contribution in [2.45, 2.75) is 19.8 Å². The topological polar surface area (TPSA) is 54.0 Å². The summed E-state index contributed by atoms with van der Waals surface area (Å²) < 4.78 is 0. The number of aryl methyl sites for hydroxylation is 1. The minimum atomic E-state index is 0.00635. The summed E-state index contributed by atoms with van der Waals surface area (Å²) in [5, 5.41) is 5.96. The van der Waals surface area contributed by atoms with Gasteiger partial charge in [-0.15, -0.1) is 0 Å². The van der Waals surface area contributed by atoms with Gasteiger partial charge in [-0.05, 0) is 31.0 Å². The molecule has 1 aromatic carbocycles. The molecule has 1 aromatic heterocycles. The molecule has 4 nitrogen and oxygen atoms in total. The Morgan fingerprint density at radius 1 is 1.15 bits per heavy atom. The molecule has 2 aromatic rings. The van der Waals surface area contributed by atoms with Gasteiger partial charge in [-0.1, -0.05) is 30.3 Å². The van der Waals surface area contributed by atoms with Crippen molar-refractivity contribution in [2.24, 2.45) is 0 Å². The third kappa shape index (κ3) is 4.39. The number of hydrogen-bond acceptors (Lipinski definition) is 3. The molecule has 0 saturated carbocycles. The molecule has 104 valence electrons. The Bertz CT molecular complexity index is 537. The molecular weight excluding hydrogens is 250 g/mol. The van der Waals surface area contributed by atoms with Crippen LogP contribution in [0, 0.1) is 0 Å². The number of amides is 1. The molecule has 2 N–H and O–H groups in total. The summed E-state index contributed by atoms with van der Waals surface area (Å²) in [6.45, 7) is 2.84. The maximum atomic E-state index is 11.8. The van der Waals surface area contributed by atoms with Gasteiger partial charge in [-0.25, -0.2) is 4.98 Å². The first-order chi connectivity index (χ1) is 9.78. The van der Waals surface area contributed by atoms with Crippen molar-refractivity contribution in [1.82, 2.24) is 4.98 Å². The van der Waals surface area contributed by atoms with Crippen molar-refractivity contribution in [3.8, 4) is 0 Å². The van der Waals surface area contributed by atoms with Gasteiger partial charge in [0.2, 0.25) is 5.91 Å². The van der Waals surface area contributed by atoms with Gasteiger partial charge < -0.3 is 10.6 Å². The third-order valence-corrected chi connectivity index (χ3v) is 2.89. The molecule has 2 rings (SSSR count). The standard InChI is InChI=1S/C16H19N3O/c1-2-17-15-10-9-14(12-18-15)19-16(20)11-8-13-6-4-3-5-7-13/h3-7,9-10,12H,2,8,11H2,1H3,(H,17,18)(H,19,20). The Labute approximate surface area is 119 Å². The van der Waals surface area contributed by atoms with Gasteiger partial charge in [0, 0.05) is 13.0 Å². The number of anilines is 2. The first-order valence-electron chi connectivity index (χ1n) is 6.81. The maximum absolute atomic E-state index is 11.8. The highest BCUT2D eigenvalue weighted by atomic mass is 16.1. The van der Waals surface area contributed by atoms with Crippen LogP contribution in [0.5, 0.6) is 0 Å². The van der Waals surface area contributed by atoms with E-state index in [-0.39, 0.29) is 5.91 Å². The molecule has 20 heavy (non-hydrogen) atoms. The van der Waals surface area contributed by atoms with Crippen LogP contribution in [0.25, 0.3) is 0 Å².